The second-order valence-corrected chi connectivity index (χ2v) is 8.98. The van der Waals surface area contributed by atoms with Crippen LogP contribution in [0.5, 0.6) is 0 Å². The van der Waals surface area contributed by atoms with E-state index in [1.807, 2.05) is 0 Å². The van der Waals surface area contributed by atoms with Crippen molar-refractivity contribution in [3.05, 3.63) is 53.9 Å². The smallest absolute Gasteiger partial charge is 0.227 e. The number of sulfonamides is 1. The van der Waals surface area contributed by atoms with Crippen molar-refractivity contribution >= 4 is 15.9 Å². The highest BCUT2D eigenvalue weighted by molar-refractivity contribution is 7.88. The monoisotopic (exact) mass is 423 g/mol. The Labute approximate surface area is 169 Å². The number of carbonyl (C=O) groups excluding carboxylic acids is 1. The van der Waals surface area contributed by atoms with Crippen LogP contribution in [0.4, 0.5) is 8.78 Å². The van der Waals surface area contributed by atoms with Gasteiger partial charge in [-0.1, -0.05) is 6.07 Å². The molecule has 6 nitrogen and oxygen atoms in total. The minimum Gasteiger partial charge on any atom is -0.342 e. The summed E-state index contributed by atoms with van der Waals surface area (Å²) in [5.41, 5.74) is 0.568. The second-order valence-electron chi connectivity index (χ2n) is 7.20. The molecule has 3 rings (SSSR count). The molecule has 1 aromatic heterocycles. The third-order valence-corrected chi connectivity index (χ3v) is 5.70. The third-order valence-electron chi connectivity index (χ3n) is 4.94. The van der Waals surface area contributed by atoms with Gasteiger partial charge >= 0.3 is 0 Å². The molecule has 29 heavy (non-hydrogen) atoms. The van der Waals surface area contributed by atoms with Gasteiger partial charge in [0.05, 0.1) is 18.2 Å². The lowest BCUT2D eigenvalue weighted by molar-refractivity contribution is -0.130. The van der Waals surface area contributed by atoms with Crippen LogP contribution in [0.3, 0.4) is 0 Å². The number of amides is 1. The van der Waals surface area contributed by atoms with E-state index in [1.165, 1.54) is 36.7 Å². The molecule has 156 valence electrons. The number of hydrogen-bond donors (Lipinski definition) is 1. The molecular formula is C20H23F2N3O3S. The van der Waals surface area contributed by atoms with Crippen LogP contribution < -0.4 is 4.72 Å². The normalized spacial score (nSPS) is 17.8. The van der Waals surface area contributed by atoms with Crippen LogP contribution >= 0.6 is 0 Å². The highest BCUT2D eigenvalue weighted by Crippen LogP contribution is 2.29. The first kappa shape index (κ1) is 21.3. The van der Waals surface area contributed by atoms with Crippen LogP contribution in [0.25, 0.3) is 11.1 Å². The number of benzene rings is 1. The van der Waals surface area contributed by atoms with E-state index in [0.717, 1.165) is 6.26 Å². The van der Waals surface area contributed by atoms with Gasteiger partial charge in [0.25, 0.3) is 0 Å². The molecule has 1 aromatic carbocycles. The molecule has 0 bridgehead atoms. The molecule has 1 aliphatic rings. The number of pyridine rings is 1. The molecule has 1 unspecified atom stereocenters. The standard InChI is InChI=1S/C20H23F2N3O3S/c1-29(27,28)24-15-4-3-10-25(11-8-15)19(26)12-14-13-23-9-7-16(14)20-17(21)5-2-6-18(20)22/h2,5-7,9,13,15,24H,3-4,8,10-12H2,1H3. The van der Waals surface area contributed by atoms with E-state index in [2.05, 4.69) is 9.71 Å². The molecule has 1 saturated heterocycles. The Morgan fingerprint density at radius 2 is 1.93 bits per heavy atom. The van der Waals surface area contributed by atoms with Crippen molar-refractivity contribution in [2.75, 3.05) is 19.3 Å². The first-order valence-corrected chi connectivity index (χ1v) is 11.3. The molecule has 0 spiro atoms. The molecule has 0 radical (unpaired) electrons. The third kappa shape index (κ3) is 5.57. The molecule has 9 heteroatoms. The van der Waals surface area contributed by atoms with Gasteiger partial charge in [0, 0.05) is 31.5 Å². The Balaban J connectivity index is 1.75. The fourth-order valence-corrected chi connectivity index (χ4v) is 4.45. The second kappa shape index (κ2) is 8.96. The van der Waals surface area contributed by atoms with Crippen LogP contribution in [0, 0.1) is 11.6 Å². The largest absolute Gasteiger partial charge is 0.342 e. The average molecular weight is 423 g/mol. The van der Waals surface area contributed by atoms with E-state index in [1.54, 1.807) is 4.90 Å². The zero-order chi connectivity index (χ0) is 21.0. The van der Waals surface area contributed by atoms with Gasteiger partial charge in [0.15, 0.2) is 0 Å². The molecule has 1 atom stereocenters. The number of nitrogens with zero attached hydrogens (tertiary/aromatic N) is 2. The van der Waals surface area contributed by atoms with Crippen molar-refractivity contribution in [2.45, 2.75) is 31.7 Å². The summed E-state index contributed by atoms with van der Waals surface area (Å²) in [7, 11) is -3.30. The number of likely N-dealkylation sites (tertiary alicyclic amines) is 1. The zero-order valence-corrected chi connectivity index (χ0v) is 16.9. The first-order valence-electron chi connectivity index (χ1n) is 9.37. The van der Waals surface area contributed by atoms with Gasteiger partial charge in [-0.25, -0.2) is 21.9 Å². The Bertz CT molecular complexity index is 978. The number of halogens is 2. The fraction of sp³-hybridized carbons (Fsp3) is 0.400. The van der Waals surface area contributed by atoms with Crippen LogP contribution in [0.1, 0.15) is 24.8 Å². The summed E-state index contributed by atoms with van der Waals surface area (Å²) in [5.74, 6) is -1.58. The van der Waals surface area contributed by atoms with Crippen molar-refractivity contribution < 1.29 is 22.0 Å². The van der Waals surface area contributed by atoms with Crippen LogP contribution in [-0.4, -0.2) is 49.6 Å². The van der Waals surface area contributed by atoms with Gasteiger partial charge in [0.1, 0.15) is 11.6 Å². The molecule has 1 N–H and O–H groups in total. The van der Waals surface area contributed by atoms with E-state index in [0.29, 0.717) is 43.5 Å². The number of rotatable bonds is 5. The molecular weight excluding hydrogens is 400 g/mol. The zero-order valence-electron chi connectivity index (χ0n) is 16.1. The Morgan fingerprint density at radius 1 is 1.21 bits per heavy atom. The van der Waals surface area contributed by atoms with Crippen LogP contribution in [0.2, 0.25) is 0 Å². The summed E-state index contributed by atoms with van der Waals surface area (Å²) in [5, 5.41) is 0. The maximum Gasteiger partial charge on any atom is 0.227 e. The number of carbonyl (C=O) groups is 1. The van der Waals surface area contributed by atoms with Crippen molar-refractivity contribution in [2.24, 2.45) is 0 Å². The Morgan fingerprint density at radius 3 is 2.62 bits per heavy atom. The summed E-state index contributed by atoms with van der Waals surface area (Å²) in [4.78, 5) is 18.5. The van der Waals surface area contributed by atoms with Crippen molar-refractivity contribution in [1.82, 2.24) is 14.6 Å². The first-order chi connectivity index (χ1) is 13.7. The molecule has 2 heterocycles. The predicted octanol–water partition coefficient (Wildman–Crippen LogP) is 2.50. The van der Waals surface area contributed by atoms with E-state index in [-0.39, 0.29) is 23.9 Å². The van der Waals surface area contributed by atoms with E-state index < -0.39 is 21.7 Å². The van der Waals surface area contributed by atoms with Crippen LogP contribution in [0.15, 0.2) is 36.7 Å². The van der Waals surface area contributed by atoms with Gasteiger partial charge in [-0.2, -0.15) is 0 Å². The number of hydrogen-bond acceptors (Lipinski definition) is 4. The molecule has 0 saturated carbocycles. The highest BCUT2D eigenvalue weighted by atomic mass is 32.2. The maximum absolute atomic E-state index is 14.2. The van der Waals surface area contributed by atoms with Gasteiger partial charge in [-0.05, 0) is 48.6 Å². The van der Waals surface area contributed by atoms with E-state index >= 15 is 0 Å². The van der Waals surface area contributed by atoms with E-state index in [4.69, 9.17) is 0 Å². The highest BCUT2D eigenvalue weighted by Gasteiger charge is 2.24. The molecule has 2 aromatic rings. The lowest BCUT2D eigenvalue weighted by Gasteiger charge is -2.21. The van der Waals surface area contributed by atoms with Gasteiger partial charge in [-0.15, -0.1) is 0 Å². The Hall–Kier alpha value is -2.39. The predicted molar refractivity (Wildman–Crippen MR) is 105 cm³/mol. The minimum atomic E-state index is -3.30. The summed E-state index contributed by atoms with van der Waals surface area (Å²) >= 11 is 0. The minimum absolute atomic E-state index is 0.0406. The SMILES string of the molecule is CS(=O)(=O)NC1CCCN(C(=O)Cc2cnccc2-c2c(F)cccc2F)CC1. The van der Waals surface area contributed by atoms with Gasteiger partial charge in [0.2, 0.25) is 15.9 Å². The van der Waals surface area contributed by atoms with Gasteiger partial charge in [-0.3, -0.25) is 9.78 Å². The molecule has 0 aliphatic carbocycles. The van der Waals surface area contributed by atoms with E-state index in [9.17, 15) is 22.0 Å². The summed E-state index contributed by atoms with van der Waals surface area (Å²) < 4.78 is 53.9. The molecule has 1 fully saturated rings. The molecule has 1 aliphatic heterocycles. The van der Waals surface area contributed by atoms with Gasteiger partial charge < -0.3 is 4.90 Å². The lowest BCUT2D eigenvalue weighted by atomic mass is 9.98. The Kier molecular flexibility index (Phi) is 6.59. The quantitative estimate of drug-likeness (QED) is 0.802. The summed E-state index contributed by atoms with van der Waals surface area (Å²) in [6.07, 6.45) is 5.79. The number of aromatic nitrogens is 1. The van der Waals surface area contributed by atoms with Crippen molar-refractivity contribution in [3.63, 3.8) is 0 Å². The fourth-order valence-electron chi connectivity index (χ4n) is 3.61. The summed E-state index contributed by atoms with van der Waals surface area (Å²) in [6.45, 7) is 0.917. The average Bonchev–Trinajstić information content (AvgIpc) is 2.87. The van der Waals surface area contributed by atoms with Crippen molar-refractivity contribution in [3.8, 4) is 11.1 Å². The van der Waals surface area contributed by atoms with Crippen LogP contribution in [-0.2, 0) is 21.2 Å². The van der Waals surface area contributed by atoms with Crippen molar-refractivity contribution in [1.29, 1.82) is 0 Å². The molecule has 1 amide bonds. The number of nitrogens with one attached hydrogen (secondary N) is 1. The topological polar surface area (TPSA) is 79.4 Å². The maximum atomic E-state index is 14.2. The summed E-state index contributed by atoms with van der Waals surface area (Å²) in [6, 6.07) is 4.93. The lowest BCUT2D eigenvalue weighted by Crippen LogP contribution is -2.36.